The van der Waals surface area contributed by atoms with Crippen molar-refractivity contribution in [1.29, 1.82) is 0 Å². The summed E-state index contributed by atoms with van der Waals surface area (Å²) in [5.41, 5.74) is 2.46. The molecule has 0 unspecified atom stereocenters. The zero-order valence-electron chi connectivity index (χ0n) is 13.1. The molecule has 124 valence electrons. The van der Waals surface area contributed by atoms with Gasteiger partial charge < -0.3 is 4.74 Å². The monoisotopic (exact) mass is 334 g/mol. The number of benzene rings is 3. The largest absolute Gasteiger partial charge is 0.417 e. The Bertz CT molecular complexity index is 876. The van der Waals surface area contributed by atoms with Crippen LogP contribution in [-0.4, -0.2) is 11.0 Å². The topological polar surface area (TPSA) is 81.5 Å². The number of hydrogen-bond acceptors (Lipinski definition) is 4. The van der Waals surface area contributed by atoms with Gasteiger partial charge in [0.25, 0.3) is 5.69 Å². The maximum atomic E-state index is 11.9. The molecule has 0 fully saturated rings. The van der Waals surface area contributed by atoms with E-state index in [2.05, 4.69) is 5.32 Å². The second-order valence-electron chi connectivity index (χ2n) is 5.21. The number of rotatable bonds is 4. The number of nitrogens with one attached hydrogen (secondary N) is 1. The first kappa shape index (κ1) is 16.2. The summed E-state index contributed by atoms with van der Waals surface area (Å²) in [4.78, 5) is 22.0. The van der Waals surface area contributed by atoms with Gasteiger partial charge in [-0.1, -0.05) is 42.5 Å². The van der Waals surface area contributed by atoms with Crippen LogP contribution in [0.15, 0.2) is 78.9 Å². The highest BCUT2D eigenvalue weighted by molar-refractivity contribution is 5.86. The van der Waals surface area contributed by atoms with Gasteiger partial charge in [-0.3, -0.25) is 15.4 Å². The molecular formula is C19H14N2O4. The number of hydrogen-bond donors (Lipinski definition) is 1. The molecule has 0 atom stereocenters. The Kier molecular flexibility index (Phi) is 4.71. The van der Waals surface area contributed by atoms with Gasteiger partial charge in [-0.05, 0) is 35.4 Å². The van der Waals surface area contributed by atoms with Crippen LogP contribution in [0, 0.1) is 10.1 Å². The Morgan fingerprint density at radius 1 is 0.840 bits per heavy atom. The molecule has 3 aromatic rings. The van der Waals surface area contributed by atoms with Crippen molar-refractivity contribution >= 4 is 17.5 Å². The summed E-state index contributed by atoms with van der Waals surface area (Å²) in [7, 11) is 0. The summed E-state index contributed by atoms with van der Waals surface area (Å²) in [5, 5.41) is 13.1. The number of nitro benzene ring substituents is 1. The van der Waals surface area contributed by atoms with Gasteiger partial charge in [0.2, 0.25) is 0 Å². The fourth-order valence-electron chi connectivity index (χ4n) is 2.26. The van der Waals surface area contributed by atoms with Crippen LogP contribution in [0.2, 0.25) is 0 Å². The Balaban J connectivity index is 1.62. The number of nitro groups is 1. The van der Waals surface area contributed by atoms with Gasteiger partial charge in [0.05, 0.1) is 4.92 Å². The van der Waals surface area contributed by atoms with Crippen molar-refractivity contribution < 1.29 is 14.5 Å². The first-order valence-corrected chi connectivity index (χ1v) is 7.50. The Morgan fingerprint density at radius 2 is 1.44 bits per heavy atom. The number of nitrogens with zero attached hydrogens (tertiary/aromatic N) is 1. The molecule has 0 aliphatic heterocycles. The van der Waals surface area contributed by atoms with Crippen molar-refractivity contribution in [2.75, 3.05) is 5.32 Å². The van der Waals surface area contributed by atoms with Crippen LogP contribution < -0.4 is 10.1 Å². The van der Waals surface area contributed by atoms with E-state index in [9.17, 15) is 14.9 Å². The SMILES string of the molecule is O=C(Nc1ccc([N+](=O)[O-])cc1)Oc1ccc(-c2ccccc2)cc1. The number of carbonyl (C=O) groups is 1. The third kappa shape index (κ3) is 4.20. The Labute approximate surface area is 143 Å². The molecule has 1 N–H and O–H groups in total. The lowest BCUT2D eigenvalue weighted by Crippen LogP contribution is -2.16. The van der Waals surface area contributed by atoms with Crippen LogP contribution in [0.3, 0.4) is 0 Å². The molecule has 0 aromatic heterocycles. The minimum Gasteiger partial charge on any atom is -0.410 e. The number of non-ortho nitro benzene ring substituents is 1. The minimum atomic E-state index is -0.665. The third-order valence-corrected chi connectivity index (χ3v) is 3.50. The molecule has 0 aliphatic rings. The Morgan fingerprint density at radius 3 is 2.04 bits per heavy atom. The lowest BCUT2D eigenvalue weighted by atomic mass is 10.1. The van der Waals surface area contributed by atoms with Crippen molar-refractivity contribution in [2.45, 2.75) is 0 Å². The average Bonchev–Trinajstić information content (AvgIpc) is 2.63. The fraction of sp³-hybridized carbons (Fsp3) is 0. The number of ether oxygens (including phenoxy) is 1. The Hall–Kier alpha value is -3.67. The zero-order valence-corrected chi connectivity index (χ0v) is 13.1. The summed E-state index contributed by atoms with van der Waals surface area (Å²) in [6.07, 6.45) is -0.665. The van der Waals surface area contributed by atoms with E-state index in [1.54, 1.807) is 12.1 Å². The number of anilines is 1. The summed E-state index contributed by atoms with van der Waals surface area (Å²) in [5.74, 6) is 0.402. The van der Waals surface area contributed by atoms with Crippen molar-refractivity contribution in [3.05, 3.63) is 89.0 Å². The van der Waals surface area contributed by atoms with Crippen LogP contribution in [-0.2, 0) is 0 Å². The highest BCUT2D eigenvalue weighted by Crippen LogP contribution is 2.22. The van der Waals surface area contributed by atoms with E-state index in [0.29, 0.717) is 11.4 Å². The van der Waals surface area contributed by atoms with Crippen LogP contribution in [0.4, 0.5) is 16.2 Å². The van der Waals surface area contributed by atoms with E-state index in [1.807, 2.05) is 42.5 Å². The summed E-state index contributed by atoms with van der Waals surface area (Å²) in [6, 6.07) is 22.5. The van der Waals surface area contributed by atoms with E-state index in [1.165, 1.54) is 24.3 Å². The molecule has 3 rings (SSSR count). The molecule has 0 bridgehead atoms. The maximum Gasteiger partial charge on any atom is 0.417 e. The van der Waals surface area contributed by atoms with Crippen molar-refractivity contribution in [1.82, 2.24) is 0 Å². The smallest absolute Gasteiger partial charge is 0.410 e. The van der Waals surface area contributed by atoms with Crippen LogP contribution >= 0.6 is 0 Å². The maximum absolute atomic E-state index is 11.9. The number of carbonyl (C=O) groups excluding carboxylic acids is 1. The van der Waals surface area contributed by atoms with E-state index in [4.69, 9.17) is 4.74 Å². The molecule has 0 radical (unpaired) electrons. The molecule has 25 heavy (non-hydrogen) atoms. The molecule has 0 aliphatic carbocycles. The normalized spacial score (nSPS) is 10.1. The van der Waals surface area contributed by atoms with Crippen molar-refractivity contribution in [3.63, 3.8) is 0 Å². The standard InChI is InChI=1S/C19H14N2O4/c22-19(20-16-8-10-17(11-9-16)21(23)24)25-18-12-6-15(7-13-18)14-4-2-1-3-5-14/h1-13H,(H,20,22). The van der Waals surface area contributed by atoms with Crippen LogP contribution in [0.1, 0.15) is 0 Å². The van der Waals surface area contributed by atoms with Gasteiger partial charge in [-0.15, -0.1) is 0 Å². The van der Waals surface area contributed by atoms with Crippen LogP contribution in [0.5, 0.6) is 5.75 Å². The predicted molar refractivity (Wildman–Crippen MR) is 94.6 cm³/mol. The predicted octanol–water partition coefficient (Wildman–Crippen LogP) is 4.87. The van der Waals surface area contributed by atoms with Crippen LogP contribution in [0.25, 0.3) is 11.1 Å². The minimum absolute atomic E-state index is 0.0459. The first-order valence-electron chi connectivity index (χ1n) is 7.50. The molecule has 0 spiro atoms. The first-order chi connectivity index (χ1) is 12.1. The second-order valence-corrected chi connectivity index (χ2v) is 5.21. The fourth-order valence-corrected chi connectivity index (χ4v) is 2.26. The van der Waals surface area contributed by atoms with Gasteiger partial charge in [0.1, 0.15) is 5.75 Å². The van der Waals surface area contributed by atoms with Crippen molar-refractivity contribution in [2.24, 2.45) is 0 Å². The molecule has 0 saturated heterocycles. The molecule has 0 heterocycles. The van der Waals surface area contributed by atoms with Gasteiger partial charge in [-0.2, -0.15) is 0 Å². The highest BCUT2D eigenvalue weighted by Gasteiger charge is 2.08. The second kappa shape index (κ2) is 7.27. The summed E-state index contributed by atoms with van der Waals surface area (Å²) < 4.78 is 5.20. The lowest BCUT2D eigenvalue weighted by Gasteiger charge is -2.07. The van der Waals surface area contributed by atoms with Gasteiger partial charge in [0.15, 0.2) is 0 Å². The third-order valence-electron chi connectivity index (χ3n) is 3.50. The summed E-state index contributed by atoms with van der Waals surface area (Å²) >= 11 is 0. The average molecular weight is 334 g/mol. The van der Waals surface area contributed by atoms with E-state index < -0.39 is 11.0 Å². The molecule has 0 saturated carbocycles. The molecule has 6 nitrogen and oxygen atoms in total. The number of amides is 1. The van der Waals surface area contributed by atoms with Gasteiger partial charge in [-0.25, -0.2) is 4.79 Å². The van der Waals surface area contributed by atoms with E-state index in [-0.39, 0.29) is 5.69 Å². The lowest BCUT2D eigenvalue weighted by molar-refractivity contribution is -0.384. The van der Waals surface area contributed by atoms with E-state index in [0.717, 1.165) is 11.1 Å². The van der Waals surface area contributed by atoms with E-state index >= 15 is 0 Å². The quantitative estimate of drug-likeness (QED) is 0.545. The highest BCUT2D eigenvalue weighted by atomic mass is 16.6. The van der Waals surface area contributed by atoms with Gasteiger partial charge in [0, 0.05) is 17.8 Å². The molecule has 3 aromatic carbocycles. The molecular weight excluding hydrogens is 320 g/mol. The van der Waals surface area contributed by atoms with Crippen molar-refractivity contribution in [3.8, 4) is 16.9 Å². The molecule has 6 heteroatoms. The molecule has 1 amide bonds. The van der Waals surface area contributed by atoms with Gasteiger partial charge >= 0.3 is 6.09 Å². The summed E-state index contributed by atoms with van der Waals surface area (Å²) in [6.45, 7) is 0. The zero-order chi connectivity index (χ0) is 17.6.